The highest BCUT2D eigenvalue weighted by molar-refractivity contribution is 7.91. The van der Waals surface area contributed by atoms with Crippen LogP contribution in [0.25, 0.3) is 0 Å². The highest BCUT2D eigenvalue weighted by Crippen LogP contribution is 2.18. The molecule has 0 saturated heterocycles. The molecule has 0 atom stereocenters. The predicted octanol–water partition coefficient (Wildman–Crippen LogP) is 3.60. The van der Waals surface area contributed by atoms with Gasteiger partial charge in [0.2, 0.25) is 5.91 Å². The molecule has 0 unspecified atom stereocenters. The second-order valence-electron chi connectivity index (χ2n) is 5.77. The average Bonchev–Trinajstić information content (AvgIpc) is 2.58. The number of aryl methyl sites for hydroxylation is 1. The van der Waals surface area contributed by atoms with Crippen molar-refractivity contribution in [2.45, 2.75) is 31.6 Å². The minimum absolute atomic E-state index is 0.0226. The van der Waals surface area contributed by atoms with Crippen LogP contribution in [0.2, 0.25) is 0 Å². The van der Waals surface area contributed by atoms with E-state index >= 15 is 0 Å². The van der Waals surface area contributed by atoms with Crippen LogP contribution in [-0.4, -0.2) is 26.6 Å². The van der Waals surface area contributed by atoms with Gasteiger partial charge in [0.1, 0.15) is 0 Å². The molecule has 0 heterocycles. The van der Waals surface area contributed by atoms with E-state index in [2.05, 4.69) is 0 Å². The van der Waals surface area contributed by atoms with Crippen molar-refractivity contribution in [1.29, 1.82) is 0 Å². The molecule has 0 spiro atoms. The lowest BCUT2D eigenvalue weighted by atomic mass is 10.2. The Balaban J connectivity index is 2.11. The first kappa shape index (κ1) is 18.2. The van der Waals surface area contributed by atoms with Crippen molar-refractivity contribution in [3.05, 3.63) is 60.2 Å². The monoisotopic (exact) mass is 345 g/mol. The van der Waals surface area contributed by atoms with Crippen molar-refractivity contribution in [3.8, 4) is 0 Å². The number of amides is 1. The molecule has 0 N–H and O–H groups in total. The molecule has 0 bridgehead atoms. The quantitative estimate of drug-likeness (QED) is 0.770. The summed E-state index contributed by atoms with van der Waals surface area (Å²) in [6, 6.07) is 16.0. The van der Waals surface area contributed by atoms with Crippen LogP contribution in [0.5, 0.6) is 0 Å². The van der Waals surface area contributed by atoms with Crippen LogP contribution in [0.1, 0.15) is 25.3 Å². The number of carbonyl (C=O) groups is 1. The van der Waals surface area contributed by atoms with Crippen molar-refractivity contribution >= 4 is 21.4 Å². The Labute approximate surface area is 144 Å². The fourth-order valence-corrected chi connectivity index (χ4v) is 3.77. The van der Waals surface area contributed by atoms with Gasteiger partial charge in [-0.25, -0.2) is 8.42 Å². The molecule has 0 aromatic heterocycles. The Bertz CT molecular complexity index is 785. The molecule has 4 nitrogen and oxygen atoms in total. The molecule has 2 rings (SSSR count). The molecule has 0 aliphatic carbocycles. The van der Waals surface area contributed by atoms with E-state index in [0.29, 0.717) is 6.54 Å². The van der Waals surface area contributed by atoms with Crippen molar-refractivity contribution in [2.24, 2.45) is 0 Å². The van der Waals surface area contributed by atoms with Crippen LogP contribution in [0, 0.1) is 6.92 Å². The van der Waals surface area contributed by atoms with Gasteiger partial charge in [0, 0.05) is 18.7 Å². The van der Waals surface area contributed by atoms with Gasteiger partial charge in [-0.3, -0.25) is 4.79 Å². The smallest absolute Gasteiger partial charge is 0.228 e. The van der Waals surface area contributed by atoms with Gasteiger partial charge < -0.3 is 4.90 Å². The summed E-state index contributed by atoms with van der Waals surface area (Å²) < 4.78 is 24.7. The van der Waals surface area contributed by atoms with Crippen molar-refractivity contribution in [1.82, 2.24) is 0 Å². The van der Waals surface area contributed by atoms with Gasteiger partial charge in [-0.2, -0.15) is 0 Å². The number of hydrogen-bond donors (Lipinski definition) is 0. The minimum atomic E-state index is -3.44. The highest BCUT2D eigenvalue weighted by atomic mass is 32.2. The van der Waals surface area contributed by atoms with Gasteiger partial charge >= 0.3 is 0 Å². The summed E-state index contributed by atoms with van der Waals surface area (Å²) in [4.78, 5) is 14.5. The maximum absolute atomic E-state index is 12.6. The van der Waals surface area contributed by atoms with E-state index in [1.807, 2.05) is 38.1 Å². The van der Waals surface area contributed by atoms with Crippen molar-refractivity contribution in [2.75, 3.05) is 17.2 Å². The zero-order valence-electron chi connectivity index (χ0n) is 14.1. The van der Waals surface area contributed by atoms with E-state index in [1.54, 1.807) is 35.2 Å². The maximum Gasteiger partial charge on any atom is 0.228 e. The SMILES string of the molecule is CCCN(C(=O)CCS(=O)(=O)c1ccccc1)c1cccc(C)c1. The first-order valence-electron chi connectivity index (χ1n) is 8.09. The van der Waals surface area contributed by atoms with E-state index < -0.39 is 9.84 Å². The summed E-state index contributed by atoms with van der Waals surface area (Å²) in [6.07, 6.45) is 0.788. The molecular weight excluding hydrogens is 322 g/mol. The highest BCUT2D eigenvalue weighted by Gasteiger charge is 2.20. The molecule has 2 aromatic carbocycles. The second-order valence-corrected chi connectivity index (χ2v) is 7.88. The number of sulfone groups is 1. The summed E-state index contributed by atoms with van der Waals surface area (Å²) in [7, 11) is -3.44. The van der Waals surface area contributed by atoms with Crippen LogP contribution >= 0.6 is 0 Å². The predicted molar refractivity (Wildman–Crippen MR) is 96.9 cm³/mol. The third-order valence-corrected chi connectivity index (χ3v) is 5.48. The standard InChI is InChI=1S/C19H23NO3S/c1-3-13-20(17-9-7-8-16(2)15-17)19(21)12-14-24(22,23)18-10-5-4-6-11-18/h4-11,15H,3,12-14H2,1-2H3. The van der Waals surface area contributed by atoms with Gasteiger partial charge in [-0.1, -0.05) is 37.3 Å². The molecule has 5 heteroatoms. The molecule has 1 amide bonds. The average molecular weight is 345 g/mol. The Morgan fingerprint density at radius 2 is 1.75 bits per heavy atom. The van der Waals surface area contributed by atoms with Gasteiger partial charge in [0.15, 0.2) is 9.84 Å². The molecule has 0 saturated carbocycles. The molecule has 0 aliphatic heterocycles. The third kappa shape index (κ3) is 4.68. The Hall–Kier alpha value is -2.14. The number of hydrogen-bond acceptors (Lipinski definition) is 3. The van der Waals surface area contributed by atoms with E-state index in [1.165, 1.54) is 0 Å². The minimum Gasteiger partial charge on any atom is -0.312 e. The summed E-state index contributed by atoms with van der Waals surface area (Å²) in [6.45, 7) is 4.54. The largest absolute Gasteiger partial charge is 0.312 e. The fourth-order valence-electron chi connectivity index (χ4n) is 2.52. The summed E-state index contributed by atoms with van der Waals surface area (Å²) in [5.41, 5.74) is 1.89. The van der Waals surface area contributed by atoms with Crippen LogP contribution in [0.4, 0.5) is 5.69 Å². The lowest BCUT2D eigenvalue weighted by molar-refractivity contribution is -0.118. The summed E-state index contributed by atoms with van der Waals surface area (Å²) in [5, 5.41) is 0. The molecular formula is C19H23NO3S. The van der Waals surface area contributed by atoms with Gasteiger partial charge in [0.05, 0.1) is 10.6 Å². The molecule has 0 aliphatic rings. The Kier molecular flexibility index (Phi) is 6.15. The lowest BCUT2D eigenvalue weighted by Crippen LogP contribution is -2.33. The number of carbonyl (C=O) groups excluding carboxylic acids is 1. The van der Waals surface area contributed by atoms with Crippen LogP contribution in [-0.2, 0) is 14.6 Å². The van der Waals surface area contributed by atoms with Crippen LogP contribution in [0.3, 0.4) is 0 Å². The topological polar surface area (TPSA) is 54.5 Å². The number of benzene rings is 2. The van der Waals surface area contributed by atoms with Crippen LogP contribution < -0.4 is 4.90 Å². The fraction of sp³-hybridized carbons (Fsp3) is 0.316. The molecule has 2 aromatic rings. The summed E-state index contributed by atoms with van der Waals surface area (Å²) >= 11 is 0. The van der Waals surface area contributed by atoms with Gasteiger partial charge in [0.25, 0.3) is 0 Å². The summed E-state index contributed by atoms with van der Waals surface area (Å²) in [5.74, 6) is -0.344. The van der Waals surface area contributed by atoms with E-state index in [4.69, 9.17) is 0 Å². The molecule has 0 fully saturated rings. The van der Waals surface area contributed by atoms with Crippen LogP contribution in [0.15, 0.2) is 59.5 Å². The zero-order valence-corrected chi connectivity index (χ0v) is 14.9. The van der Waals surface area contributed by atoms with E-state index in [-0.39, 0.29) is 23.0 Å². The number of nitrogens with zero attached hydrogens (tertiary/aromatic N) is 1. The normalized spacial score (nSPS) is 11.2. The zero-order chi connectivity index (χ0) is 17.6. The Morgan fingerprint density at radius 1 is 1.04 bits per heavy atom. The third-order valence-electron chi connectivity index (χ3n) is 3.75. The van der Waals surface area contributed by atoms with Crippen molar-refractivity contribution in [3.63, 3.8) is 0 Å². The molecule has 0 radical (unpaired) electrons. The van der Waals surface area contributed by atoms with Crippen molar-refractivity contribution < 1.29 is 13.2 Å². The first-order chi connectivity index (χ1) is 11.4. The lowest BCUT2D eigenvalue weighted by Gasteiger charge is -2.22. The number of rotatable bonds is 7. The second kappa shape index (κ2) is 8.11. The van der Waals surface area contributed by atoms with Gasteiger partial charge in [-0.15, -0.1) is 0 Å². The molecule has 24 heavy (non-hydrogen) atoms. The first-order valence-corrected chi connectivity index (χ1v) is 9.74. The maximum atomic E-state index is 12.6. The van der Waals surface area contributed by atoms with Gasteiger partial charge in [-0.05, 0) is 43.2 Å². The molecule has 128 valence electrons. The number of anilines is 1. The van der Waals surface area contributed by atoms with E-state index in [9.17, 15) is 13.2 Å². The van der Waals surface area contributed by atoms with E-state index in [0.717, 1.165) is 17.7 Å². The Morgan fingerprint density at radius 3 is 2.38 bits per heavy atom.